The molecule has 0 aliphatic rings. The Labute approximate surface area is 152 Å². The second-order valence-corrected chi connectivity index (χ2v) is 7.15. The molecule has 4 nitrogen and oxygen atoms in total. The predicted molar refractivity (Wildman–Crippen MR) is 98.5 cm³/mol. The molecule has 0 spiro atoms. The molecular weight excluding hydrogens is 423 g/mol. The van der Waals surface area contributed by atoms with E-state index in [-0.39, 0.29) is 6.61 Å². The second kappa shape index (κ2) is 7.83. The first-order valence-electron chi connectivity index (χ1n) is 7.08. The van der Waals surface area contributed by atoms with Gasteiger partial charge < -0.3 is 9.15 Å². The van der Waals surface area contributed by atoms with Gasteiger partial charge >= 0.3 is 0 Å². The van der Waals surface area contributed by atoms with Gasteiger partial charge in [0.1, 0.15) is 5.75 Å². The zero-order valence-electron chi connectivity index (χ0n) is 12.5. The summed E-state index contributed by atoms with van der Waals surface area (Å²) in [6, 6.07) is 16.3. The van der Waals surface area contributed by atoms with Crippen LogP contribution in [0.25, 0.3) is 0 Å². The van der Waals surface area contributed by atoms with Gasteiger partial charge in [-0.3, -0.25) is 0 Å². The fraction of sp³-hybridized carbons (Fsp3) is 0.176. The quantitative estimate of drug-likeness (QED) is 0.407. The lowest BCUT2D eigenvalue weighted by Crippen LogP contribution is -1.95. The fourth-order valence-electron chi connectivity index (χ4n) is 1.93. The van der Waals surface area contributed by atoms with Crippen molar-refractivity contribution in [3.05, 3.63) is 69.1 Å². The molecule has 0 bridgehead atoms. The van der Waals surface area contributed by atoms with Crippen LogP contribution < -0.4 is 4.74 Å². The lowest BCUT2D eigenvalue weighted by Gasteiger charge is -2.03. The van der Waals surface area contributed by atoms with Gasteiger partial charge in [-0.05, 0) is 64.9 Å². The third-order valence-electron chi connectivity index (χ3n) is 3.08. The Bertz CT molecular complexity index is 774. The molecule has 118 valence electrons. The van der Waals surface area contributed by atoms with Crippen LogP contribution in [-0.4, -0.2) is 10.2 Å². The Morgan fingerprint density at radius 1 is 1.13 bits per heavy atom. The van der Waals surface area contributed by atoms with Crippen molar-refractivity contribution in [3.8, 4) is 5.75 Å². The summed E-state index contributed by atoms with van der Waals surface area (Å²) in [4.78, 5) is 0. The summed E-state index contributed by atoms with van der Waals surface area (Å²) < 4.78 is 12.5. The average molecular weight is 438 g/mol. The van der Waals surface area contributed by atoms with Crippen LogP contribution >= 0.6 is 34.4 Å². The van der Waals surface area contributed by atoms with Crippen molar-refractivity contribution in [3.63, 3.8) is 0 Å². The summed E-state index contributed by atoms with van der Waals surface area (Å²) in [5.41, 5.74) is 2.38. The highest BCUT2D eigenvalue weighted by Gasteiger charge is 2.08. The summed E-state index contributed by atoms with van der Waals surface area (Å²) in [6.07, 6.45) is 0. The fourth-order valence-corrected chi connectivity index (χ4v) is 3.03. The smallest absolute Gasteiger partial charge is 0.277 e. The first-order valence-corrected chi connectivity index (χ1v) is 9.14. The van der Waals surface area contributed by atoms with Crippen LogP contribution in [0, 0.1) is 10.5 Å². The molecule has 0 atom stereocenters. The molecule has 23 heavy (non-hydrogen) atoms. The molecular formula is C17H15IN2O2S. The Morgan fingerprint density at radius 2 is 1.96 bits per heavy atom. The monoisotopic (exact) mass is 438 g/mol. The van der Waals surface area contributed by atoms with Crippen molar-refractivity contribution < 1.29 is 9.15 Å². The van der Waals surface area contributed by atoms with Crippen molar-refractivity contribution in [1.82, 2.24) is 10.2 Å². The van der Waals surface area contributed by atoms with Crippen molar-refractivity contribution in [2.75, 3.05) is 0 Å². The minimum absolute atomic E-state index is 0.278. The van der Waals surface area contributed by atoms with Crippen molar-refractivity contribution in [2.24, 2.45) is 0 Å². The lowest BCUT2D eigenvalue weighted by atomic mass is 10.2. The standard InChI is InChI=1S/C17H15IN2O2S/c1-12-3-2-4-15(9-12)21-10-16-19-20-17(22-16)23-11-13-5-7-14(18)8-6-13/h2-9H,10-11H2,1H3. The van der Waals surface area contributed by atoms with E-state index < -0.39 is 0 Å². The highest BCUT2D eigenvalue weighted by atomic mass is 127. The Hall–Kier alpha value is -1.54. The highest BCUT2D eigenvalue weighted by molar-refractivity contribution is 14.1. The van der Waals surface area contributed by atoms with E-state index in [1.807, 2.05) is 31.2 Å². The maximum Gasteiger partial charge on any atom is 0.277 e. The molecule has 0 N–H and O–H groups in total. The molecule has 0 unspecified atom stereocenters. The van der Waals surface area contributed by atoms with Crippen molar-refractivity contribution in [1.29, 1.82) is 0 Å². The number of halogens is 1. The zero-order valence-corrected chi connectivity index (χ0v) is 15.5. The predicted octanol–water partition coefficient (Wildman–Crippen LogP) is 4.85. The molecule has 0 aliphatic heterocycles. The van der Waals surface area contributed by atoms with Crippen LogP contribution in [0.1, 0.15) is 17.0 Å². The minimum atomic E-state index is 0.278. The highest BCUT2D eigenvalue weighted by Crippen LogP contribution is 2.22. The number of aryl methyl sites for hydroxylation is 1. The van der Waals surface area contributed by atoms with Gasteiger partial charge in [-0.15, -0.1) is 10.2 Å². The van der Waals surface area contributed by atoms with E-state index >= 15 is 0 Å². The van der Waals surface area contributed by atoms with Crippen LogP contribution in [-0.2, 0) is 12.4 Å². The van der Waals surface area contributed by atoms with Gasteiger partial charge in [0, 0.05) is 9.32 Å². The van der Waals surface area contributed by atoms with Crippen molar-refractivity contribution >= 4 is 34.4 Å². The molecule has 0 aliphatic carbocycles. The average Bonchev–Trinajstić information content (AvgIpc) is 3.00. The number of rotatable bonds is 6. The van der Waals surface area contributed by atoms with Crippen LogP contribution in [0.4, 0.5) is 0 Å². The Morgan fingerprint density at radius 3 is 2.74 bits per heavy atom. The van der Waals surface area contributed by atoms with Crippen LogP contribution in [0.2, 0.25) is 0 Å². The topological polar surface area (TPSA) is 48.2 Å². The van der Waals surface area contributed by atoms with E-state index in [0.29, 0.717) is 11.1 Å². The van der Waals surface area contributed by atoms with Gasteiger partial charge in [-0.25, -0.2) is 0 Å². The summed E-state index contributed by atoms with van der Waals surface area (Å²) >= 11 is 3.82. The maximum absolute atomic E-state index is 5.66. The molecule has 0 saturated heterocycles. The van der Waals surface area contributed by atoms with E-state index in [9.17, 15) is 0 Å². The number of hydrogen-bond acceptors (Lipinski definition) is 5. The summed E-state index contributed by atoms with van der Waals surface area (Å²) in [5.74, 6) is 2.09. The normalized spacial score (nSPS) is 10.7. The molecule has 2 aromatic carbocycles. The molecule has 3 aromatic rings. The van der Waals surface area contributed by atoms with E-state index in [1.165, 1.54) is 20.9 Å². The third-order valence-corrected chi connectivity index (χ3v) is 4.68. The Balaban J connectivity index is 1.52. The van der Waals surface area contributed by atoms with E-state index in [2.05, 4.69) is 57.1 Å². The van der Waals surface area contributed by atoms with Crippen molar-refractivity contribution in [2.45, 2.75) is 24.5 Å². The minimum Gasteiger partial charge on any atom is -0.484 e. The number of benzene rings is 2. The number of nitrogens with zero attached hydrogens (tertiary/aromatic N) is 2. The van der Waals surface area contributed by atoms with Gasteiger partial charge in [0.25, 0.3) is 11.1 Å². The number of hydrogen-bond donors (Lipinski definition) is 0. The maximum atomic E-state index is 5.66. The Kier molecular flexibility index (Phi) is 5.56. The largest absolute Gasteiger partial charge is 0.484 e. The molecule has 1 heterocycles. The summed E-state index contributed by atoms with van der Waals surface area (Å²) in [7, 11) is 0. The number of ether oxygens (including phenoxy) is 1. The van der Waals surface area contributed by atoms with E-state index in [0.717, 1.165) is 17.1 Å². The second-order valence-electron chi connectivity index (χ2n) is 4.98. The third kappa shape index (κ3) is 4.97. The van der Waals surface area contributed by atoms with E-state index in [4.69, 9.17) is 9.15 Å². The molecule has 6 heteroatoms. The van der Waals surface area contributed by atoms with Gasteiger partial charge in [0.05, 0.1) is 0 Å². The number of thioether (sulfide) groups is 1. The first-order chi connectivity index (χ1) is 11.2. The molecule has 1 aromatic heterocycles. The summed E-state index contributed by atoms with van der Waals surface area (Å²) in [6.45, 7) is 2.31. The molecule has 0 amide bonds. The summed E-state index contributed by atoms with van der Waals surface area (Å²) in [5, 5.41) is 8.62. The molecule has 0 fully saturated rings. The van der Waals surface area contributed by atoms with Gasteiger partial charge in [-0.2, -0.15) is 0 Å². The molecule has 0 radical (unpaired) electrons. The zero-order chi connectivity index (χ0) is 16.1. The molecule has 3 rings (SSSR count). The van der Waals surface area contributed by atoms with Crippen LogP contribution in [0.3, 0.4) is 0 Å². The van der Waals surface area contributed by atoms with Gasteiger partial charge in [0.15, 0.2) is 6.61 Å². The van der Waals surface area contributed by atoms with Crippen LogP contribution in [0.5, 0.6) is 5.75 Å². The SMILES string of the molecule is Cc1cccc(OCc2nnc(SCc3ccc(I)cc3)o2)c1. The van der Waals surface area contributed by atoms with Gasteiger partial charge in [-0.1, -0.05) is 36.0 Å². The van der Waals surface area contributed by atoms with Crippen LogP contribution in [0.15, 0.2) is 58.2 Å². The molecule has 0 saturated carbocycles. The van der Waals surface area contributed by atoms with Gasteiger partial charge in [0.2, 0.25) is 0 Å². The first kappa shape index (κ1) is 16.3. The van der Waals surface area contributed by atoms with E-state index in [1.54, 1.807) is 0 Å². The lowest BCUT2D eigenvalue weighted by molar-refractivity contribution is 0.252. The number of aromatic nitrogens is 2.